The molecule has 0 heterocycles. The highest BCUT2D eigenvalue weighted by Crippen LogP contribution is 2.19. The average molecular weight is 445 g/mol. The van der Waals surface area contributed by atoms with Crippen molar-refractivity contribution in [2.24, 2.45) is 0 Å². The van der Waals surface area contributed by atoms with E-state index in [1.54, 1.807) is 18.2 Å². The monoisotopic (exact) mass is 444 g/mol. The van der Waals surface area contributed by atoms with E-state index in [9.17, 15) is 13.2 Å². The molecule has 30 heavy (non-hydrogen) atoms. The van der Waals surface area contributed by atoms with E-state index in [0.29, 0.717) is 23.7 Å². The number of halogens is 1. The SMILES string of the molecule is CCOc1cccc(CNC(=O)c2cccc(NS(=O)(=O)c3ccc(Cl)cc3)c2)c1. The smallest absolute Gasteiger partial charge is 0.261 e. The summed E-state index contributed by atoms with van der Waals surface area (Å²) < 4.78 is 33.0. The van der Waals surface area contributed by atoms with Crippen LogP contribution in [0.25, 0.3) is 0 Å². The van der Waals surface area contributed by atoms with Crippen LogP contribution >= 0.6 is 11.6 Å². The lowest BCUT2D eigenvalue weighted by atomic mass is 10.1. The topological polar surface area (TPSA) is 84.5 Å². The molecule has 8 heteroatoms. The van der Waals surface area contributed by atoms with E-state index in [1.807, 2.05) is 31.2 Å². The lowest BCUT2D eigenvalue weighted by Crippen LogP contribution is -2.23. The number of anilines is 1. The van der Waals surface area contributed by atoms with Crippen molar-refractivity contribution in [2.75, 3.05) is 11.3 Å². The van der Waals surface area contributed by atoms with Crippen LogP contribution in [0, 0.1) is 0 Å². The summed E-state index contributed by atoms with van der Waals surface area (Å²) in [5.41, 5.74) is 1.53. The predicted octanol–water partition coefficient (Wildman–Crippen LogP) is 4.47. The number of nitrogens with one attached hydrogen (secondary N) is 2. The van der Waals surface area contributed by atoms with Gasteiger partial charge in [-0.05, 0) is 67.1 Å². The van der Waals surface area contributed by atoms with Gasteiger partial charge in [0.1, 0.15) is 5.75 Å². The number of hydrogen-bond donors (Lipinski definition) is 2. The standard InChI is InChI=1S/C22H21ClN2O4S/c1-2-29-20-8-3-5-16(13-20)15-24-22(26)17-6-4-7-19(14-17)25-30(27,28)21-11-9-18(23)10-12-21/h3-14,25H,2,15H2,1H3,(H,24,26). The van der Waals surface area contributed by atoms with Crippen molar-refractivity contribution in [3.05, 3.63) is 88.9 Å². The molecule has 0 atom stereocenters. The highest BCUT2D eigenvalue weighted by Gasteiger charge is 2.15. The Balaban J connectivity index is 1.68. The van der Waals surface area contributed by atoms with E-state index in [-0.39, 0.29) is 16.5 Å². The molecule has 0 spiro atoms. The quantitative estimate of drug-likeness (QED) is 0.536. The summed E-state index contributed by atoms with van der Waals surface area (Å²) in [6.07, 6.45) is 0. The van der Waals surface area contributed by atoms with Crippen molar-refractivity contribution in [1.29, 1.82) is 0 Å². The summed E-state index contributed by atoms with van der Waals surface area (Å²) in [6, 6.07) is 19.6. The van der Waals surface area contributed by atoms with Crippen molar-refractivity contribution >= 4 is 33.2 Å². The van der Waals surface area contributed by atoms with Gasteiger partial charge in [-0.1, -0.05) is 29.8 Å². The molecule has 0 saturated carbocycles. The number of carbonyl (C=O) groups excluding carboxylic acids is 1. The van der Waals surface area contributed by atoms with Gasteiger partial charge in [0.15, 0.2) is 0 Å². The molecule has 2 N–H and O–H groups in total. The van der Waals surface area contributed by atoms with E-state index in [4.69, 9.17) is 16.3 Å². The third kappa shape index (κ3) is 5.75. The Morgan fingerprint density at radius 2 is 1.73 bits per heavy atom. The second kappa shape index (κ2) is 9.65. The zero-order chi connectivity index (χ0) is 21.6. The summed E-state index contributed by atoms with van der Waals surface area (Å²) in [5, 5.41) is 3.27. The number of sulfonamides is 1. The maximum atomic E-state index is 12.5. The minimum atomic E-state index is -3.79. The normalized spacial score (nSPS) is 11.0. The van der Waals surface area contributed by atoms with Crippen LogP contribution < -0.4 is 14.8 Å². The summed E-state index contributed by atoms with van der Waals surface area (Å²) >= 11 is 5.81. The first kappa shape index (κ1) is 21.7. The maximum absolute atomic E-state index is 12.5. The Hall–Kier alpha value is -3.03. The van der Waals surface area contributed by atoms with Gasteiger partial charge in [0.2, 0.25) is 0 Å². The number of hydrogen-bond acceptors (Lipinski definition) is 4. The van der Waals surface area contributed by atoms with E-state index in [0.717, 1.165) is 11.3 Å². The van der Waals surface area contributed by atoms with Crippen molar-refractivity contribution in [3.63, 3.8) is 0 Å². The molecule has 0 aliphatic rings. The minimum absolute atomic E-state index is 0.0796. The zero-order valence-corrected chi connectivity index (χ0v) is 17.8. The molecule has 0 unspecified atom stereocenters. The Labute approximate surface area is 180 Å². The van der Waals surface area contributed by atoms with Crippen LogP contribution in [0.5, 0.6) is 5.75 Å². The molecule has 0 bridgehead atoms. The first-order chi connectivity index (χ1) is 14.4. The number of benzene rings is 3. The summed E-state index contributed by atoms with van der Waals surface area (Å²) in [4.78, 5) is 12.6. The molecule has 0 saturated heterocycles. The summed E-state index contributed by atoms with van der Waals surface area (Å²) in [7, 11) is -3.79. The Bertz CT molecular complexity index is 1130. The second-order valence-corrected chi connectivity index (χ2v) is 8.52. The van der Waals surface area contributed by atoms with Gasteiger partial charge in [-0.2, -0.15) is 0 Å². The highest BCUT2D eigenvalue weighted by molar-refractivity contribution is 7.92. The number of ether oxygens (including phenoxy) is 1. The van der Waals surface area contributed by atoms with Gasteiger partial charge in [0, 0.05) is 22.8 Å². The number of carbonyl (C=O) groups is 1. The lowest BCUT2D eigenvalue weighted by molar-refractivity contribution is 0.0951. The van der Waals surface area contributed by atoms with Gasteiger partial charge < -0.3 is 10.1 Å². The van der Waals surface area contributed by atoms with Gasteiger partial charge in [-0.25, -0.2) is 8.42 Å². The predicted molar refractivity (Wildman–Crippen MR) is 117 cm³/mol. The molecule has 0 radical (unpaired) electrons. The van der Waals surface area contributed by atoms with Gasteiger partial charge in [-0.15, -0.1) is 0 Å². The fourth-order valence-corrected chi connectivity index (χ4v) is 3.92. The Kier molecular flexibility index (Phi) is 6.97. The summed E-state index contributed by atoms with van der Waals surface area (Å²) in [6.45, 7) is 2.79. The third-order valence-electron chi connectivity index (χ3n) is 4.16. The van der Waals surface area contributed by atoms with E-state index in [2.05, 4.69) is 10.0 Å². The number of rotatable bonds is 8. The largest absolute Gasteiger partial charge is 0.494 e. The fourth-order valence-electron chi connectivity index (χ4n) is 2.75. The zero-order valence-electron chi connectivity index (χ0n) is 16.3. The van der Waals surface area contributed by atoms with Gasteiger partial charge in [-0.3, -0.25) is 9.52 Å². The molecule has 156 valence electrons. The van der Waals surface area contributed by atoms with Crippen LogP contribution in [0.15, 0.2) is 77.7 Å². The fraction of sp³-hybridized carbons (Fsp3) is 0.136. The van der Waals surface area contributed by atoms with E-state index < -0.39 is 10.0 Å². The first-order valence-corrected chi connectivity index (χ1v) is 11.1. The Morgan fingerprint density at radius 3 is 2.47 bits per heavy atom. The first-order valence-electron chi connectivity index (χ1n) is 9.26. The van der Waals surface area contributed by atoms with Crippen LogP contribution in [0.3, 0.4) is 0 Å². The summed E-state index contributed by atoms with van der Waals surface area (Å²) in [5.74, 6) is 0.423. The van der Waals surface area contributed by atoms with Gasteiger partial charge in [0.05, 0.1) is 11.5 Å². The van der Waals surface area contributed by atoms with Crippen LogP contribution in [0.2, 0.25) is 5.02 Å². The highest BCUT2D eigenvalue weighted by atomic mass is 35.5. The third-order valence-corrected chi connectivity index (χ3v) is 5.81. The van der Waals surface area contributed by atoms with E-state index in [1.165, 1.54) is 30.3 Å². The van der Waals surface area contributed by atoms with Crippen molar-refractivity contribution in [1.82, 2.24) is 5.32 Å². The minimum Gasteiger partial charge on any atom is -0.494 e. The maximum Gasteiger partial charge on any atom is 0.261 e. The lowest BCUT2D eigenvalue weighted by Gasteiger charge is -2.11. The van der Waals surface area contributed by atoms with Gasteiger partial charge in [0.25, 0.3) is 15.9 Å². The molecule has 0 aliphatic carbocycles. The molecule has 0 aliphatic heterocycles. The van der Waals surface area contributed by atoms with Crippen molar-refractivity contribution in [2.45, 2.75) is 18.4 Å². The molecule has 6 nitrogen and oxygen atoms in total. The van der Waals surface area contributed by atoms with E-state index >= 15 is 0 Å². The van der Waals surface area contributed by atoms with Crippen LogP contribution in [-0.2, 0) is 16.6 Å². The van der Waals surface area contributed by atoms with Crippen LogP contribution in [0.1, 0.15) is 22.8 Å². The van der Waals surface area contributed by atoms with Crippen LogP contribution in [-0.4, -0.2) is 20.9 Å². The Morgan fingerprint density at radius 1 is 1.00 bits per heavy atom. The molecule has 0 aromatic heterocycles. The molecule has 1 amide bonds. The molecule has 3 aromatic rings. The van der Waals surface area contributed by atoms with Gasteiger partial charge >= 0.3 is 0 Å². The van der Waals surface area contributed by atoms with Crippen LogP contribution in [0.4, 0.5) is 5.69 Å². The molecule has 3 aromatic carbocycles. The molecular weight excluding hydrogens is 424 g/mol. The number of amides is 1. The van der Waals surface area contributed by atoms with Crippen molar-refractivity contribution < 1.29 is 17.9 Å². The second-order valence-electron chi connectivity index (χ2n) is 6.40. The molecule has 0 fully saturated rings. The molecule has 3 rings (SSSR count). The molecular formula is C22H21ClN2O4S. The average Bonchev–Trinajstić information content (AvgIpc) is 2.73. The van der Waals surface area contributed by atoms with Crippen molar-refractivity contribution in [3.8, 4) is 5.75 Å².